The number of hydrogen-bond donors (Lipinski definition) is 3. The number of ether oxygens (including phenoxy) is 2. The smallest absolute Gasteiger partial charge is 0.407 e. The van der Waals surface area contributed by atoms with E-state index in [1.54, 1.807) is 18.7 Å². The van der Waals surface area contributed by atoms with Crippen molar-refractivity contribution in [1.82, 2.24) is 15.5 Å². The van der Waals surface area contributed by atoms with Gasteiger partial charge in [-0.15, -0.1) is 0 Å². The molecule has 0 radical (unpaired) electrons. The Morgan fingerprint density at radius 3 is 2.45 bits per heavy atom. The van der Waals surface area contributed by atoms with E-state index in [1.807, 2.05) is 31.2 Å². The van der Waals surface area contributed by atoms with Crippen LogP contribution in [0.5, 0.6) is 5.75 Å². The molecule has 1 fully saturated rings. The first-order valence-corrected chi connectivity index (χ1v) is 17.6. The van der Waals surface area contributed by atoms with Gasteiger partial charge in [0.2, 0.25) is 11.8 Å². The number of benzene rings is 1. The molecule has 1 aromatic carbocycles. The number of rotatable bonds is 16. The van der Waals surface area contributed by atoms with E-state index >= 15 is 0 Å². The molecule has 0 bridgehead atoms. The van der Waals surface area contributed by atoms with Crippen LogP contribution in [0.1, 0.15) is 84.1 Å². The van der Waals surface area contributed by atoms with Gasteiger partial charge in [0.1, 0.15) is 18.4 Å². The summed E-state index contributed by atoms with van der Waals surface area (Å²) < 4.78 is 35.4. The van der Waals surface area contributed by atoms with Crippen molar-refractivity contribution in [3.05, 3.63) is 29.8 Å². The summed E-state index contributed by atoms with van der Waals surface area (Å²) in [6, 6.07) is 5.42. The molecular weight excluding hydrogens is 589 g/mol. The second kappa shape index (κ2) is 18.3. The lowest BCUT2D eigenvalue weighted by Crippen LogP contribution is -2.53. The molecule has 0 aromatic heterocycles. The number of carbonyl (C=O) groups excluding carboxylic acids is 3. The molecule has 1 aliphatic carbocycles. The summed E-state index contributed by atoms with van der Waals surface area (Å²) in [4.78, 5) is 41.3. The van der Waals surface area contributed by atoms with Gasteiger partial charge in [-0.05, 0) is 45.1 Å². The Morgan fingerprint density at radius 2 is 1.77 bits per heavy atom. The van der Waals surface area contributed by atoms with Crippen LogP contribution in [-0.4, -0.2) is 78.8 Å². The highest BCUT2D eigenvalue weighted by atomic mass is 31.2. The molecule has 13 heteroatoms. The predicted octanol–water partition coefficient (Wildman–Crippen LogP) is 4.73. The van der Waals surface area contributed by atoms with Gasteiger partial charge in [-0.1, -0.05) is 57.2 Å². The number of alkyl carbamates (subject to hydrolysis) is 1. The minimum absolute atomic E-state index is 0.0102. The molecular formula is C31H50N3O9P. The second-order valence-electron chi connectivity index (χ2n) is 11.3. The van der Waals surface area contributed by atoms with Crippen LogP contribution in [0, 0.1) is 5.92 Å². The third-order valence-corrected chi connectivity index (χ3v) is 10.2. The van der Waals surface area contributed by atoms with Crippen molar-refractivity contribution < 1.29 is 42.6 Å². The summed E-state index contributed by atoms with van der Waals surface area (Å²) in [7, 11) is -4.09. The van der Waals surface area contributed by atoms with Crippen LogP contribution in [0.2, 0.25) is 0 Å². The lowest BCUT2D eigenvalue weighted by atomic mass is 9.84. The van der Waals surface area contributed by atoms with Gasteiger partial charge in [0.25, 0.3) is 0 Å². The van der Waals surface area contributed by atoms with E-state index in [0.29, 0.717) is 32.5 Å². The SMILES string of the molecule is CCCOC(=O)NC(CC1CCCCC1)C(=O)NC(CCC(=O)N1CCOc2ccccc2C1)C(O)P(=O)(OCC)OCC. The molecule has 3 rings (SSSR count). The van der Waals surface area contributed by atoms with Gasteiger partial charge in [0.15, 0.2) is 5.85 Å². The van der Waals surface area contributed by atoms with E-state index < -0.39 is 37.5 Å². The number of aliphatic hydroxyl groups is 1. The van der Waals surface area contributed by atoms with Crippen LogP contribution in [0.4, 0.5) is 4.79 Å². The Labute approximate surface area is 261 Å². The number of nitrogens with one attached hydrogen (secondary N) is 2. The van der Waals surface area contributed by atoms with Crippen molar-refractivity contribution >= 4 is 25.5 Å². The first-order valence-electron chi connectivity index (χ1n) is 16.0. The Bertz CT molecular complexity index is 1100. The van der Waals surface area contributed by atoms with E-state index in [-0.39, 0.29) is 44.5 Å². The largest absolute Gasteiger partial charge is 0.491 e. The molecule has 1 heterocycles. The third-order valence-electron chi connectivity index (χ3n) is 7.94. The van der Waals surface area contributed by atoms with Crippen LogP contribution >= 0.6 is 7.60 Å². The van der Waals surface area contributed by atoms with Crippen LogP contribution in [-0.2, 0) is 34.5 Å². The number of hydrogen-bond acceptors (Lipinski definition) is 9. The van der Waals surface area contributed by atoms with Crippen molar-refractivity contribution in [3.8, 4) is 5.75 Å². The standard InChI is InChI=1S/C31H50N3O9P/c1-4-19-41-31(38)33-26(21-23-12-8-7-9-13-23)29(36)32-25(30(37)44(39,42-5-2)43-6-3)16-17-28(35)34-18-20-40-27-15-11-10-14-24(27)22-34/h10-11,14-15,23,25-26,30,37H,4-9,12-13,16-22H2,1-3H3,(H,32,36)(H,33,38). The average Bonchev–Trinajstić information content (AvgIpc) is 3.24. The number of carbonyl (C=O) groups is 3. The monoisotopic (exact) mass is 639 g/mol. The fraction of sp³-hybridized carbons (Fsp3) is 0.710. The van der Waals surface area contributed by atoms with Crippen molar-refractivity contribution in [1.29, 1.82) is 0 Å². The predicted molar refractivity (Wildman–Crippen MR) is 165 cm³/mol. The molecule has 1 saturated carbocycles. The highest BCUT2D eigenvalue weighted by Crippen LogP contribution is 2.53. The molecule has 2 aliphatic rings. The molecule has 3 amide bonds. The normalized spacial score (nSPS) is 17.8. The maximum atomic E-state index is 13.7. The fourth-order valence-corrected chi connectivity index (χ4v) is 7.46. The highest BCUT2D eigenvalue weighted by molar-refractivity contribution is 7.54. The highest BCUT2D eigenvalue weighted by Gasteiger charge is 2.42. The topological polar surface area (TPSA) is 153 Å². The maximum absolute atomic E-state index is 13.7. The number of amides is 3. The van der Waals surface area contributed by atoms with Crippen LogP contribution in [0.3, 0.4) is 0 Å². The van der Waals surface area contributed by atoms with E-state index in [2.05, 4.69) is 10.6 Å². The molecule has 12 nitrogen and oxygen atoms in total. The first kappa shape index (κ1) is 35.8. The quantitative estimate of drug-likeness (QED) is 0.218. The lowest BCUT2D eigenvalue weighted by molar-refractivity contribution is -0.133. The summed E-state index contributed by atoms with van der Waals surface area (Å²) in [6.07, 6.45) is 5.39. The zero-order valence-corrected chi connectivity index (χ0v) is 27.2. The van der Waals surface area contributed by atoms with Gasteiger partial charge in [0.05, 0.1) is 32.4 Å². The van der Waals surface area contributed by atoms with Gasteiger partial charge in [-0.3, -0.25) is 14.2 Å². The van der Waals surface area contributed by atoms with E-state index in [9.17, 15) is 24.1 Å². The van der Waals surface area contributed by atoms with Gasteiger partial charge in [0, 0.05) is 18.5 Å². The number of aliphatic hydroxyl groups excluding tert-OH is 1. The third kappa shape index (κ3) is 10.8. The van der Waals surface area contributed by atoms with Crippen molar-refractivity contribution in [2.75, 3.05) is 33.0 Å². The molecule has 3 atom stereocenters. The summed E-state index contributed by atoms with van der Waals surface area (Å²) >= 11 is 0. The molecule has 3 unspecified atom stereocenters. The van der Waals surface area contributed by atoms with Gasteiger partial charge in [-0.25, -0.2) is 4.79 Å². The van der Waals surface area contributed by atoms with Crippen molar-refractivity contribution in [2.45, 2.75) is 103 Å². The molecule has 248 valence electrons. The summed E-state index contributed by atoms with van der Waals surface area (Å²) in [5.74, 6) is -1.54. The minimum Gasteiger partial charge on any atom is -0.491 e. The molecule has 44 heavy (non-hydrogen) atoms. The zero-order valence-electron chi connectivity index (χ0n) is 26.3. The van der Waals surface area contributed by atoms with Gasteiger partial charge < -0.3 is 39.2 Å². The van der Waals surface area contributed by atoms with E-state index in [1.165, 1.54) is 0 Å². The molecule has 3 N–H and O–H groups in total. The Kier molecular flexibility index (Phi) is 14.9. The maximum Gasteiger partial charge on any atom is 0.407 e. The number of nitrogens with zero attached hydrogens (tertiary/aromatic N) is 1. The van der Waals surface area contributed by atoms with Crippen molar-refractivity contribution in [2.24, 2.45) is 5.92 Å². The fourth-order valence-electron chi connectivity index (χ4n) is 5.69. The minimum atomic E-state index is -4.09. The molecule has 0 saturated heterocycles. The van der Waals surface area contributed by atoms with Gasteiger partial charge >= 0.3 is 13.7 Å². The van der Waals surface area contributed by atoms with Crippen LogP contribution in [0.15, 0.2) is 24.3 Å². The second-order valence-corrected chi connectivity index (χ2v) is 13.4. The number of para-hydroxylation sites is 1. The van der Waals surface area contributed by atoms with Crippen LogP contribution < -0.4 is 15.4 Å². The Balaban J connectivity index is 1.78. The Hall–Kier alpha value is -2.66. The van der Waals surface area contributed by atoms with Crippen LogP contribution in [0.25, 0.3) is 0 Å². The number of fused-ring (bicyclic) bond motifs is 1. The Morgan fingerprint density at radius 1 is 1.07 bits per heavy atom. The summed E-state index contributed by atoms with van der Waals surface area (Å²) in [5, 5.41) is 16.8. The van der Waals surface area contributed by atoms with E-state index in [0.717, 1.165) is 43.4 Å². The van der Waals surface area contributed by atoms with Gasteiger partial charge in [-0.2, -0.15) is 0 Å². The first-order chi connectivity index (χ1) is 21.2. The zero-order chi connectivity index (χ0) is 32.0. The lowest BCUT2D eigenvalue weighted by Gasteiger charge is -2.32. The van der Waals surface area contributed by atoms with Crippen molar-refractivity contribution in [3.63, 3.8) is 0 Å². The molecule has 0 spiro atoms. The summed E-state index contributed by atoms with van der Waals surface area (Å²) in [6.45, 7) is 6.42. The van der Waals surface area contributed by atoms with E-state index in [4.69, 9.17) is 18.5 Å². The average molecular weight is 640 g/mol. The molecule has 1 aromatic rings. The summed E-state index contributed by atoms with van der Waals surface area (Å²) in [5.41, 5.74) is 0.881. The molecule has 1 aliphatic heterocycles.